The second-order valence-electron chi connectivity index (χ2n) is 7.97. The molecular formula is C18H32N2. The van der Waals surface area contributed by atoms with E-state index in [0.717, 1.165) is 29.8 Å². The van der Waals surface area contributed by atoms with Gasteiger partial charge >= 0.3 is 0 Å². The standard InChI is InChI=1S/C18H32N2/c1-2-6-14(7-3-1)16-12-15(16)13-20-11-10-19-17-8-4-5-9-18(17)20/h14-19H,1-13H2/t15-,16-,17+,18-/m0/s1. The first-order chi connectivity index (χ1) is 9.92. The predicted molar refractivity (Wildman–Crippen MR) is 83.8 cm³/mol. The van der Waals surface area contributed by atoms with Gasteiger partial charge in [0.05, 0.1) is 0 Å². The zero-order valence-corrected chi connectivity index (χ0v) is 13.0. The van der Waals surface area contributed by atoms with Crippen LogP contribution in [0.5, 0.6) is 0 Å². The molecule has 0 bridgehead atoms. The SMILES string of the molecule is C1CCC([C@@H]2C[C@H]2CN2CCN[C@@H]3CCCC[C@@H]32)CC1. The lowest BCUT2D eigenvalue weighted by Gasteiger charge is -2.45. The van der Waals surface area contributed by atoms with Crippen molar-refractivity contribution in [2.24, 2.45) is 17.8 Å². The van der Waals surface area contributed by atoms with Crippen molar-refractivity contribution in [3.8, 4) is 0 Å². The van der Waals surface area contributed by atoms with Crippen LogP contribution >= 0.6 is 0 Å². The summed E-state index contributed by atoms with van der Waals surface area (Å²) in [6.07, 6.45) is 15.0. The van der Waals surface area contributed by atoms with Crippen LogP contribution in [0.2, 0.25) is 0 Å². The monoisotopic (exact) mass is 276 g/mol. The van der Waals surface area contributed by atoms with E-state index in [1.807, 2.05) is 0 Å². The molecule has 0 spiro atoms. The fourth-order valence-electron chi connectivity index (χ4n) is 5.49. The molecule has 0 aromatic heterocycles. The van der Waals surface area contributed by atoms with Crippen molar-refractivity contribution in [2.45, 2.75) is 76.3 Å². The fraction of sp³-hybridized carbons (Fsp3) is 1.00. The van der Waals surface area contributed by atoms with Gasteiger partial charge in [0.15, 0.2) is 0 Å². The molecule has 4 rings (SSSR count). The summed E-state index contributed by atoms with van der Waals surface area (Å²) in [5.74, 6) is 3.30. The molecule has 2 nitrogen and oxygen atoms in total. The Morgan fingerprint density at radius 3 is 2.60 bits per heavy atom. The van der Waals surface area contributed by atoms with Crippen molar-refractivity contribution < 1.29 is 0 Å². The molecule has 1 aliphatic heterocycles. The Labute approximate surface area is 124 Å². The quantitative estimate of drug-likeness (QED) is 0.849. The molecule has 1 heterocycles. The highest BCUT2D eigenvalue weighted by molar-refractivity contribution is 4.98. The Kier molecular flexibility index (Phi) is 4.05. The van der Waals surface area contributed by atoms with Crippen LogP contribution in [0.3, 0.4) is 0 Å². The Bertz CT molecular complexity index is 321. The Balaban J connectivity index is 1.30. The molecule has 0 unspecified atom stereocenters. The van der Waals surface area contributed by atoms with E-state index in [1.54, 1.807) is 19.3 Å². The van der Waals surface area contributed by atoms with Crippen LogP contribution in [-0.2, 0) is 0 Å². The highest BCUT2D eigenvalue weighted by Crippen LogP contribution is 2.50. The van der Waals surface area contributed by atoms with Gasteiger partial charge in [-0.05, 0) is 37.0 Å². The Morgan fingerprint density at radius 2 is 1.70 bits per heavy atom. The second-order valence-corrected chi connectivity index (χ2v) is 7.97. The van der Waals surface area contributed by atoms with E-state index in [1.165, 1.54) is 64.6 Å². The van der Waals surface area contributed by atoms with Gasteiger partial charge in [0.25, 0.3) is 0 Å². The molecular weight excluding hydrogens is 244 g/mol. The van der Waals surface area contributed by atoms with Crippen LogP contribution in [0.15, 0.2) is 0 Å². The third kappa shape index (κ3) is 2.78. The minimum Gasteiger partial charge on any atom is -0.311 e. The summed E-state index contributed by atoms with van der Waals surface area (Å²) in [6.45, 7) is 3.99. The van der Waals surface area contributed by atoms with Gasteiger partial charge < -0.3 is 5.32 Å². The van der Waals surface area contributed by atoms with Crippen molar-refractivity contribution in [3.05, 3.63) is 0 Å². The lowest BCUT2D eigenvalue weighted by molar-refractivity contribution is 0.0807. The number of fused-ring (bicyclic) bond motifs is 1. The van der Waals surface area contributed by atoms with Crippen LogP contribution in [0.25, 0.3) is 0 Å². The van der Waals surface area contributed by atoms with E-state index in [-0.39, 0.29) is 0 Å². The van der Waals surface area contributed by atoms with Gasteiger partial charge in [-0.1, -0.05) is 44.9 Å². The van der Waals surface area contributed by atoms with Gasteiger partial charge in [0.2, 0.25) is 0 Å². The highest BCUT2D eigenvalue weighted by atomic mass is 15.2. The average Bonchev–Trinajstić information content (AvgIpc) is 3.28. The zero-order valence-electron chi connectivity index (χ0n) is 13.0. The molecule has 2 heteroatoms. The number of hydrogen-bond donors (Lipinski definition) is 1. The van der Waals surface area contributed by atoms with E-state index >= 15 is 0 Å². The maximum atomic E-state index is 3.78. The van der Waals surface area contributed by atoms with Gasteiger partial charge in [0, 0.05) is 31.7 Å². The molecule has 0 aromatic carbocycles. The molecule has 1 saturated heterocycles. The number of hydrogen-bond acceptors (Lipinski definition) is 2. The third-order valence-corrected chi connectivity index (χ3v) is 6.71. The van der Waals surface area contributed by atoms with Gasteiger partial charge in [-0.3, -0.25) is 4.90 Å². The lowest BCUT2D eigenvalue weighted by atomic mass is 9.84. The smallest absolute Gasteiger partial charge is 0.0250 e. The summed E-state index contributed by atoms with van der Waals surface area (Å²) in [4.78, 5) is 2.88. The summed E-state index contributed by atoms with van der Waals surface area (Å²) in [6, 6.07) is 1.70. The third-order valence-electron chi connectivity index (χ3n) is 6.71. The van der Waals surface area contributed by atoms with Crippen molar-refractivity contribution in [1.82, 2.24) is 10.2 Å². The first-order valence-electron chi connectivity index (χ1n) is 9.39. The predicted octanol–water partition coefficient (Wildman–Crippen LogP) is 3.42. The van der Waals surface area contributed by atoms with Gasteiger partial charge in [0.1, 0.15) is 0 Å². The summed E-state index contributed by atoms with van der Waals surface area (Å²) in [5.41, 5.74) is 0. The number of nitrogens with zero attached hydrogens (tertiary/aromatic N) is 1. The van der Waals surface area contributed by atoms with E-state index in [2.05, 4.69) is 10.2 Å². The molecule has 3 saturated carbocycles. The summed E-state index contributed by atoms with van der Waals surface area (Å²) >= 11 is 0. The Morgan fingerprint density at radius 1 is 0.900 bits per heavy atom. The van der Waals surface area contributed by atoms with Crippen LogP contribution in [-0.4, -0.2) is 36.6 Å². The molecule has 3 aliphatic carbocycles. The lowest BCUT2D eigenvalue weighted by Crippen LogP contribution is -2.59. The van der Waals surface area contributed by atoms with E-state index in [0.29, 0.717) is 0 Å². The number of piperazine rings is 1. The van der Waals surface area contributed by atoms with E-state index in [4.69, 9.17) is 0 Å². The average molecular weight is 276 g/mol. The second kappa shape index (κ2) is 5.96. The molecule has 0 radical (unpaired) electrons. The topological polar surface area (TPSA) is 15.3 Å². The minimum absolute atomic E-state index is 0.824. The maximum Gasteiger partial charge on any atom is 0.0250 e. The van der Waals surface area contributed by atoms with Crippen LogP contribution in [0.1, 0.15) is 64.2 Å². The molecule has 4 aliphatic rings. The molecule has 114 valence electrons. The first-order valence-corrected chi connectivity index (χ1v) is 9.39. The number of rotatable bonds is 3. The van der Waals surface area contributed by atoms with E-state index in [9.17, 15) is 0 Å². The highest BCUT2D eigenvalue weighted by Gasteiger charge is 2.45. The van der Waals surface area contributed by atoms with Crippen molar-refractivity contribution in [2.75, 3.05) is 19.6 Å². The van der Waals surface area contributed by atoms with E-state index < -0.39 is 0 Å². The largest absolute Gasteiger partial charge is 0.311 e. The van der Waals surface area contributed by atoms with Gasteiger partial charge in [-0.25, -0.2) is 0 Å². The summed E-state index contributed by atoms with van der Waals surface area (Å²) in [7, 11) is 0. The summed E-state index contributed by atoms with van der Waals surface area (Å²) < 4.78 is 0. The molecule has 4 fully saturated rings. The van der Waals surface area contributed by atoms with Crippen LogP contribution in [0, 0.1) is 17.8 Å². The molecule has 0 aromatic rings. The Hall–Kier alpha value is -0.0800. The molecule has 0 amide bonds. The van der Waals surface area contributed by atoms with Gasteiger partial charge in [-0.15, -0.1) is 0 Å². The summed E-state index contributed by atoms with van der Waals surface area (Å²) in [5, 5.41) is 3.78. The van der Waals surface area contributed by atoms with Gasteiger partial charge in [-0.2, -0.15) is 0 Å². The minimum atomic E-state index is 0.824. The van der Waals surface area contributed by atoms with Crippen LogP contribution in [0.4, 0.5) is 0 Å². The molecule has 1 N–H and O–H groups in total. The molecule has 20 heavy (non-hydrogen) atoms. The normalized spacial score (nSPS) is 43.2. The van der Waals surface area contributed by atoms with Crippen LogP contribution < -0.4 is 5.32 Å². The van der Waals surface area contributed by atoms with Crippen molar-refractivity contribution in [3.63, 3.8) is 0 Å². The van der Waals surface area contributed by atoms with Crippen molar-refractivity contribution in [1.29, 1.82) is 0 Å². The number of nitrogens with one attached hydrogen (secondary N) is 1. The van der Waals surface area contributed by atoms with Crippen molar-refractivity contribution >= 4 is 0 Å². The zero-order chi connectivity index (χ0) is 13.4. The maximum absolute atomic E-state index is 3.78. The fourth-order valence-corrected chi connectivity index (χ4v) is 5.49. The molecule has 4 atom stereocenters. The first kappa shape index (κ1) is 13.6.